The predicted molar refractivity (Wildman–Crippen MR) is 88.0 cm³/mol. The standard InChI is InChI=1S/C14H26O7S.Na.H/c1-5-7-10(3)20-13(15)9-12(22(17,18)19)14(16)21-11(4)8-6-2;;/h10-12H,5-9H2,1-4H3,(H,17,18,19);;. The van der Waals surface area contributed by atoms with Crippen LogP contribution in [-0.4, -0.2) is 71.9 Å². The quantitative estimate of drug-likeness (QED) is 0.356. The third-order valence-corrected chi connectivity index (χ3v) is 4.09. The van der Waals surface area contributed by atoms with Gasteiger partial charge in [-0.25, -0.2) is 0 Å². The van der Waals surface area contributed by atoms with Gasteiger partial charge in [-0.1, -0.05) is 26.7 Å². The maximum absolute atomic E-state index is 11.9. The fourth-order valence-corrected chi connectivity index (χ4v) is 2.58. The first-order chi connectivity index (χ1) is 10.1. The molecule has 0 aromatic rings. The van der Waals surface area contributed by atoms with E-state index in [1.807, 2.05) is 13.8 Å². The summed E-state index contributed by atoms with van der Waals surface area (Å²) in [5, 5.41) is -1.95. The molecule has 0 aliphatic rings. The minimum atomic E-state index is -4.74. The van der Waals surface area contributed by atoms with E-state index in [9.17, 15) is 18.0 Å². The summed E-state index contributed by atoms with van der Waals surface area (Å²) in [5.74, 6) is -1.99. The van der Waals surface area contributed by atoms with E-state index < -0.39 is 39.8 Å². The summed E-state index contributed by atoms with van der Waals surface area (Å²) in [6.07, 6.45) is 1.10. The van der Waals surface area contributed by atoms with Crippen molar-refractivity contribution in [3.63, 3.8) is 0 Å². The summed E-state index contributed by atoms with van der Waals surface area (Å²) in [6.45, 7) is 7.09. The molecular formula is C14H27NaO7S. The molecule has 0 aromatic carbocycles. The molecule has 0 fully saturated rings. The number of hydrogen-bond acceptors (Lipinski definition) is 6. The van der Waals surface area contributed by atoms with Crippen molar-refractivity contribution < 1.29 is 32.0 Å². The molecule has 0 aliphatic carbocycles. The molecule has 23 heavy (non-hydrogen) atoms. The van der Waals surface area contributed by atoms with Gasteiger partial charge in [-0.15, -0.1) is 0 Å². The Hall–Kier alpha value is -0.150. The number of carbonyl (C=O) groups excluding carboxylic acids is 2. The number of hydrogen-bond donors (Lipinski definition) is 1. The molecule has 0 rings (SSSR count). The predicted octanol–water partition coefficient (Wildman–Crippen LogP) is 1.45. The van der Waals surface area contributed by atoms with Gasteiger partial charge in [0.25, 0.3) is 10.1 Å². The van der Waals surface area contributed by atoms with Crippen molar-refractivity contribution >= 4 is 51.6 Å². The second-order valence-electron chi connectivity index (χ2n) is 5.33. The van der Waals surface area contributed by atoms with Crippen LogP contribution in [0.4, 0.5) is 0 Å². The molecule has 0 heterocycles. The van der Waals surface area contributed by atoms with Crippen LogP contribution in [0.5, 0.6) is 0 Å². The third-order valence-electron chi connectivity index (χ3n) is 3.01. The third kappa shape index (κ3) is 11.1. The molecule has 9 heteroatoms. The molecule has 3 unspecified atom stereocenters. The van der Waals surface area contributed by atoms with Crippen molar-refractivity contribution in [1.82, 2.24) is 0 Å². The maximum atomic E-state index is 11.9. The number of carbonyl (C=O) groups is 2. The van der Waals surface area contributed by atoms with E-state index in [0.717, 1.165) is 12.8 Å². The van der Waals surface area contributed by atoms with Crippen LogP contribution in [0.1, 0.15) is 59.8 Å². The van der Waals surface area contributed by atoms with E-state index >= 15 is 0 Å². The Balaban J connectivity index is 0. The Kier molecular flexibility index (Phi) is 13.4. The summed E-state index contributed by atoms with van der Waals surface area (Å²) in [7, 11) is -4.74. The topological polar surface area (TPSA) is 107 Å². The number of rotatable bonds is 10. The van der Waals surface area contributed by atoms with Crippen molar-refractivity contribution in [2.75, 3.05) is 0 Å². The van der Waals surface area contributed by atoms with Gasteiger partial charge < -0.3 is 9.47 Å². The minimum absolute atomic E-state index is 0. The monoisotopic (exact) mass is 362 g/mol. The van der Waals surface area contributed by atoms with Gasteiger partial charge >= 0.3 is 41.5 Å². The van der Waals surface area contributed by atoms with Gasteiger partial charge in [-0.2, -0.15) is 8.42 Å². The Morgan fingerprint density at radius 3 is 1.83 bits per heavy atom. The molecule has 3 atom stereocenters. The zero-order valence-electron chi connectivity index (χ0n) is 13.6. The van der Waals surface area contributed by atoms with Crippen molar-refractivity contribution in [2.24, 2.45) is 0 Å². The van der Waals surface area contributed by atoms with Crippen LogP contribution < -0.4 is 0 Å². The van der Waals surface area contributed by atoms with E-state index in [4.69, 9.17) is 14.0 Å². The summed E-state index contributed by atoms with van der Waals surface area (Å²) in [4.78, 5) is 23.5. The van der Waals surface area contributed by atoms with Crippen LogP contribution in [-0.2, 0) is 29.2 Å². The first kappa shape index (κ1) is 25.1. The zero-order chi connectivity index (χ0) is 17.3. The van der Waals surface area contributed by atoms with E-state index in [2.05, 4.69) is 0 Å². The Bertz CT molecular complexity index is 464. The van der Waals surface area contributed by atoms with Gasteiger partial charge in [0.05, 0.1) is 18.6 Å². The molecule has 1 N–H and O–H groups in total. The first-order valence-electron chi connectivity index (χ1n) is 7.48. The second kappa shape index (κ2) is 12.2. The fraction of sp³-hybridized carbons (Fsp3) is 0.857. The van der Waals surface area contributed by atoms with Crippen LogP contribution in [0.15, 0.2) is 0 Å². The van der Waals surface area contributed by atoms with Crippen LogP contribution in [0.3, 0.4) is 0 Å². The van der Waals surface area contributed by atoms with Crippen LogP contribution in [0.2, 0.25) is 0 Å². The Labute approximate surface area is 160 Å². The Morgan fingerprint density at radius 1 is 1.00 bits per heavy atom. The SMILES string of the molecule is CCCC(C)OC(=O)CC(C(=O)OC(C)CCC)S(=O)(=O)O.[NaH]. The van der Waals surface area contributed by atoms with E-state index in [1.54, 1.807) is 13.8 Å². The molecule has 0 amide bonds. The fourth-order valence-electron chi connectivity index (χ4n) is 1.94. The summed E-state index contributed by atoms with van der Waals surface area (Å²) in [5.41, 5.74) is 0. The first-order valence-corrected chi connectivity index (χ1v) is 8.98. The Morgan fingerprint density at radius 2 is 1.43 bits per heavy atom. The average Bonchev–Trinajstić information content (AvgIpc) is 2.34. The van der Waals surface area contributed by atoms with Gasteiger partial charge in [0.1, 0.15) is 0 Å². The van der Waals surface area contributed by atoms with Gasteiger partial charge in [-0.3, -0.25) is 14.1 Å². The normalized spacial score (nSPS) is 15.0. The molecule has 0 spiro atoms. The van der Waals surface area contributed by atoms with Gasteiger partial charge in [0.2, 0.25) is 0 Å². The zero-order valence-corrected chi connectivity index (χ0v) is 14.4. The molecule has 0 radical (unpaired) electrons. The molecular weight excluding hydrogens is 335 g/mol. The molecule has 7 nitrogen and oxygen atoms in total. The van der Waals surface area contributed by atoms with E-state index in [-0.39, 0.29) is 35.7 Å². The molecule has 0 aromatic heterocycles. The van der Waals surface area contributed by atoms with E-state index in [0.29, 0.717) is 12.8 Å². The summed E-state index contributed by atoms with van der Waals surface area (Å²) >= 11 is 0. The van der Waals surface area contributed by atoms with Crippen molar-refractivity contribution in [1.29, 1.82) is 0 Å². The number of esters is 2. The summed E-state index contributed by atoms with van der Waals surface area (Å²) in [6, 6.07) is 0. The summed E-state index contributed by atoms with van der Waals surface area (Å²) < 4.78 is 41.7. The van der Waals surface area contributed by atoms with Gasteiger partial charge in [0, 0.05) is 0 Å². The van der Waals surface area contributed by atoms with E-state index in [1.165, 1.54) is 0 Å². The van der Waals surface area contributed by atoms with Gasteiger partial charge in [0.15, 0.2) is 5.25 Å². The van der Waals surface area contributed by atoms with Crippen LogP contribution >= 0.6 is 0 Å². The average molecular weight is 362 g/mol. The molecule has 0 saturated carbocycles. The molecule has 0 aliphatic heterocycles. The number of ether oxygens (including phenoxy) is 2. The van der Waals surface area contributed by atoms with Crippen molar-refractivity contribution in [3.05, 3.63) is 0 Å². The molecule has 0 bridgehead atoms. The van der Waals surface area contributed by atoms with Crippen LogP contribution in [0.25, 0.3) is 0 Å². The van der Waals surface area contributed by atoms with Crippen molar-refractivity contribution in [2.45, 2.75) is 77.3 Å². The molecule has 0 saturated heterocycles. The van der Waals surface area contributed by atoms with Gasteiger partial charge in [-0.05, 0) is 26.7 Å². The van der Waals surface area contributed by atoms with Crippen molar-refractivity contribution in [3.8, 4) is 0 Å². The second-order valence-corrected chi connectivity index (χ2v) is 6.93. The molecule has 132 valence electrons. The van der Waals surface area contributed by atoms with Crippen LogP contribution in [0, 0.1) is 0 Å².